The predicted molar refractivity (Wildman–Crippen MR) is 142 cm³/mol. The van der Waals surface area contributed by atoms with Crippen LogP contribution in [-0.2, 0) is 18.0 Å². The lowest BCUT2D eigenvalue weighted by molar-refractivity contribution is 0.0384. The number of aryl methyl sites for hydroxylation is 1. The summed E-state index contributed by atoms with van der Waals surface area (Å²) in [7, 11) is 0. The molecule has 0 N–H and O–H groups in total. The van der Waals surface area contributed by atoms with E-state index in [9.17, 15) is 4.79 Å². The molecule has 0 radical (unpaired) electrons. The molecule has 0 fully saturated rings. The Kier molecular flexibility index (Phi) is 7.78. The SMILES string of the molecule is Cc1cc(COc2ccc(C#N)cc2)cc(COc2ccc(C3=NCCN3C(=O)OC(C)(C)C)cc2)c1. The van der Waals surface area contributed by atoms with E-state index in [1.54, 1.807) is 29.2 Å². The Bertz CT molecular complexity index is 1320. The molecule has 0 saturated heterocycles. The van der Waals surface area contributed by atoms with Gasteiger partial charge >= 0.3 is 6.09 Å². The van der Waals surface area contributed by atoms with Gasteiger partial charge in [0.1, 0.15) is 36.1 Å². The van der Waals surface area contributed by atoms with Gasteiger partial charge in [-0.25, -0.2) is 4.79 Å². The number of nitriles is 1. The molecule has 0 saturated carbocycles. The van der Waals surface area contributed by atoms with Crippen LogP contribution in [0.3, 0.4) is 0 Å². The van der Waals surface area contributed by atoms with Crippen LogP contribution in [0.5, 0.6) is 11.5 Å². The van der Waals surface area contributed by atoms with E-state index in [0.717, 1.165) is 33.8 Å². The average Bonchev–Trinajstić information content (AvgIpc) is 3.36. The third-order valence-electron chi connectivity index (χ3n) is 5.56. The number of carbonyl (C=O) groups is 1. The first-order valence-corrected chi connectivity index (χ1v) is 12.2. The Hall–Kier alpha value is -4.31. The van der Waals surface area contributed by atoms with Crippen LogP contribution >= 0.6 is 0 Å². The topological polar surface area (TPSA) is 84.2 Å². The van der Waals surface area contributed by atoms with Crippen LogP contribution in [-0.4, -0.2) is 35.5 Å². The summed E-state index contributed by atoms with van der Waals surface area (Å²) in [6, 6.07) is 23.0. The number of nitrogens with zero attached hydrogens (tertiary/aromatic N) is 3. The molecule has 0 aliphatic carbocycles. The Morgan fingerprint density at radius 3 is 2.05 bits per heavy atom. The first-order valence-electron chi connectivity index (χ1n) is 12.2. The summed E-state index contributed by atoms with van der Waals surface area (Å²) in [5.74, 6) is 2.06. The van der Waals surface area contributed by atoms with E-state index >= 15 is 0 Å². The molecule has 1 aliphatic heterocycles. The highest BCUT2D eigenvalue weighted by Crippen LogP contribution is 2.21. The Morgan fingerprint density at radius 2 is 1.51 bits per heavy atom. The molecule has 3 aromatic rings. The molecular weight excluding hydrogens is 466 g/mol. The van der Waals surface area contributed by atoms with Crippen molar-refractivity contribution < 1.29 is 19.0 Å². The zero-order valence-corrected chi connectivity index (χ0v) is 21.7. The minimum absolute atomic E-state index is 0.387. The average molecular weight is 498 g/mol. The van der Waals surface area contributed by atoms with E-state index < -0.39 is 5.60 Å². The van der Waals surface area contributed by atoms with Gasteiger partial charge in [-0.15, -0.1) is 0 Å². The summed E-state index contributed by atoms with van der Waals surface area (Å²) < 4.78 is 17.4. The number of ether oxygens (including phenoxy) is 3. The first-order chi connectivity index (χ1) is 17.7. The summed E-state index contributed by atoms with van der Waals surface area (Å²) in [6.45, 7) is 9.49. The van der Waals surface area contributed by atoms with Crippen molar-refractivity contribution in [1.82, 2.24) is 4.90 Å². The first kappa shape index (κ1) is 25.8. The molecule has 37 heavy (non-hydrogen) atoms. The van der Waals surface area contributed by atoms with Crippen LogP contribution in [0, 0.1) is 18.3 Å². The van der Waals surface area contributed by atoms with Gasteiger partial charge in [0.15, 0.2) is 0 Å². The van der Waals surface area contributed by atoms with Crippen molar-refractivity contribution in [3.8, 4) is 17.6 Å². The Morgan fingerprint density at radius 1 is 0.946 bits per heavy atom. The molecule has 7 heteroatoms. The second-order valence-corrected chi connectivity index (χ2v) is 9.90. The molecule has 1 heterocycles. The molecule has 190 valence electrons. The van der Waals surface area contributed by atoms with Crippen molar-refractivity contribution in [2.24, 2.45) is 4.99 Å². The summed E-state index contributed by atoms with van der Waals surface area (Å²) in [4.78, 5) is 18.6. The van der Waals surface area contributed by atoms with Crippen molar-refractivity contribution in [2.45, 2.75) is 46.5 Å². The maximum Gasteiger partial charge on any atom is 0.416 e. The largest absolute Gasteiger partial charge is 0.489 e. The zero-order chi connectivity index (χ0) is 26.4. The fourth-order valence-electron chi connectivity index (χ4n) is 3.96. The zero-order valence-electron chi connectivity index (χ0n) is 21.7. The van der Waals surface area contributed by atoms with Gasteiger partial charge in [0.05, 0.1) is 24.7 Å². The summed E-state index contributed by atoms with van der Waals surface area (Å²) in [6.07, 6.45) is -0.387. The Labute approximate surface area is 217 Å². The maximum atomic E-state index is 12.6. The predicted octanol–water partition coefficient (Wildman–Crippen LogP) is 6.02. The van der Waals surface area contributed by atoms with Crippen molar-refractivity contribution in [3.05, 3.63) is 94.5 Å². The van der Waals surface area contributed by atoms with Crippen molar-refractivity contribution in [1.29, 1.82) is 5.26 Å². The van der Waals surface area contributed by atoms with Crippen molar-refractivity contribution in [2.75, 3.05) is 13.1 Å². The van der Waals surface area contributed by atoms with Crippen LogP contribution in [0.2, 0.25) is 0 Å². The lowest BCUT2D eigenvalue weighted by atomic mass is 10.1. The minimum atomic E-state index is -0.562. The molecule has 0 aromatic heterocycles. The smallest absolute Gasteiger partial charge is 0.416 e. The number of amidine groups is 1. The van der Waals surface area contributed by atoms with Gasteiger partial charge in [0.25, 0.3) is 0 Å². The number of hydrogen-bond acceptors (Lipinski definition) is 6. The monoisotopic (exact) mass is 497 g/mol. The highest BCUT2D eigenvalue weighted by molar-refractivity contribution is 6.07. The number of rotatable bonds is 7. The quantitative estimate of drug-likeness (QED) is 0.398. The molecule has 0 unspecified atom stereocenters. The van der Waals surface area contributed by atoms with Crippen molar-refractivity contribution in [3.63, 3.8) is 0 Å². The molecule has 1 amide bonds. The van der Waals surface area contributed by atoms with E-state index in [1.165, 1.54) is 0 Å². The van der Waals surface area contributed by atoms with E-state index in [0.29, 0.717) is 37.7 Å². The standard InChI is InChI=1S/C30H31N3O4/c1-21-15-23(19-35-26-9-5-22(18-31)6-10-26)17-24(16-21)20-36-27-11-7-25(8-12-27)28-32-13-14-33(28)29(34)37-30(2,3)4/h5-12,15-17H,13-14,19-20H2,1-4H3. The van der Waals surface area contributed by atoms with Gasteiger partial charge in [-0.3, -0.25) is 9.89 Å². The number of aliphatic imine (C=N–C) groups is 1. The molecule has 0 atom stereocenters. The molecule has 3 aromatic carbocycles. The van der Waals surface area contributed by atoms with Gasteiger partial charge in [0, 0.05) is 5.56 Å². The normalized spacial score (nSPS) is 13.1. The van der Waals surface area contributed by atoms with Crippen LogP contribution in [0.15, 0.2) is 71.7 Å². The van der Waals surface area contributed by atoms with Crippen molar-refractivity contribution >= 4 is 11.9 Å². The lowest BCUT2D eigenvalue weighted by Gasteiger charge is -2.25. The number of amides is 1. The fraction of sp³-hybridized carbons (Fsp3) is 0.300. The fourth-order valence-corrected chi connectivity index (χ4v) is 3.96. The van der Waals surface area contributed by atoms with Crippen LogP contribution < -0.4 is 9.47 Å². The summed E-state index contributed by atoms with van der Waals surface area (Å²) in [5.41, 5.74) is 4.09. The van der Waals surface area contributed by atoms with Crippen LogP contribution in [0.4, 0.5) is 4.79 Å². The molecule has 7 nitrogen and oxygen atoms in total. The van der Waals surface area contributed by atoms with Crippen LogP contribution in [0.1, 0.15) is 48.6 Å². The molecule has 1 aliphatic rings. The summed E-state index contributed by atoms with van der Waals surface area (Å²) >= 11 is 0. The minimum Gasteiger partial charge on any atom is -0.489 e. The third-order valence-corrected chi connectivity index (χ3v) is 5.56. The number of hydrogen-bond donors (Lipinski definition) is 0. The van der Waals surface area contributed by atoms with Gasteiger partial charge in [0.2, 0.25) is 0 Å². The molecule has 0 spiro atoms. The second kappa shape index (κ2) is 11.2. The number of benzene rings is 3. The lowest BCUT2D eigenvalue weighted by Crippen LogP contribution is -2.39. The van der Waals surface area contributed by atoms with E-state index in [-0.39, 0.29) is 6.09 Å². The Balaban J connectivity index is 1.35. The maximum absolute atomic E-state index is 12.6. The van der Waals surface area contributed by atoms with Gasteiger partial charge in [-0.1, -0.05) is 17.7 Å². The molecule has 4 rings (SSSR count). The van der Waals surface area contributed by atoms with Gasteiger partial charge in [-0.2, -0.15) is 5.26 Å². The molecule has 0 bridgehead atoms. The van der Waals surface area contributed by atoms with E-state index in [1.807, 2.05) is 52.0 Å². The third kappa shape index (κ3) is 7.11. The summed E-state index contributed by atoms with van der Waals surface area (Å²) in [5, 5.41) is 8.93. The number of carbonyl (C=O) groups excluding carboxylic acids is 1. The molecular formula is C30H31N3O4. The van der Waals surface area contributed by atoms with Gasteiger partial charge < -0.3 is 14.2 Å². The highest BCUT2D eigenvalue weighted by atomic mass is 16.6. The van der Waals surface area contributed by atoms with Gasteiger partial charge in [-0.05, 0) is 93.4 Å². The van der Waals surface area contributed by atoms with E-state index in [2.05, 4.69) is 29.3 Å². The second-order valence-electron chi connectivity index (χ2n) is 9.90. The van der Waals surface area contributed by atoms with Crippen LogP contribution in [0.25, 0.3) is 0 Å². The highest BCUT2D eigenvalue weighted by Gasteiger charge is 2.29. The van der Waals surface area contributed by atoms with E-state index in [4.69, 9.17) is 19.5 Å².